The molecule has 2 aliphatic rings. The van der Waals surface area contributed by atoms with Gasteiger partial charge in [0.1, 0.15) is 0 Å². The van der Waals surface area contributed by atoms with Crippen molar-refractivity contribution in [2.75, 3.05) is 4.90 Å². The molecule has 0 aliphatic carbocycles. The first kappa shape index (κ1) is 20.9. The lowest BCUT2D eigenvalue weighted by atomic mass is 9.79. The highest BCUT2D eigenvalue weighted by Gasteiger charge is 2.51. The number of hydrogen-bond donors (Lipinski definition) is 0. The second-order valence-electron chi connectivity index (χ2n) is 9.72. The van der Waals surface area contributed by atoms with E-state index in [0.717, 1.165) is 11.2 Å². The van der Waals surface area contributed by atoms with Gasteiger partial charge in [0, 0.05) is 15.5 Å². The Morgan fingerprint density at radius 2 is 1.39 bits per heavy atom. The second-order valence-corrected chi connectivity index (χ2v) is 10.8. The molecule has 4 aromatic rings. The van der Waals surface area contributed by atoms with E-state index in [2.05, 4.69) is 118 Å². The number of hydrogen-bond acceptors (Lipinski definition) is 4. The summed E-state index contributed by atoms with van der Waals surface area (Å²) in [5.41, 5.74) is 3.87. The molecular weight excluding hydrogens is 425 g/mol. The number of fused-ring (bicyclic) bond motifs is 4. The Morgan fingerprint density at radius 1 is 0.727 bits per heavy atom. The van der Waals surface area contributed by atoms with Crippen LogP contribution in [-0.2, 0) is 9.31 Å². The average Bonchev–Trinajstić information content (AvgIpc) is 3.04. The molecule has 0 amide bonds. The van der Waals surface area contributed by atoms with Gasteiger partial charge in [0.05, 0.1) is 22.6 Å². The molecule has 33 heavy (non-hydrogen) atoms. The van der Waals surface area contributed by atoms with Crippen molar-refractivity contribution in [3.8, 4) is 0 Å². The van der Waals surface area contributed by atoms with Crippen molar-refractivity contribution in [3.63, 3.8) is 0 Å². The second kappa shape index (κ2) is 7.39. The zero-order valence-electron chi connectivity index (χ0n) is 19.3. The lowest BCUT2D eigenvalue weighted by Crippen LogP contribution is -2.41. The fourth-order valence-corrected chi connectivity index (χ4v) is 5.77. The van der Waals surface area contributed by atoms with E-state index in [0.29, 0.717) is 0 Å². The smallest absolute Gasteiger partial charge is 0.399 e. The zero-order chi connectivity index (χ0) is 22.8. The number of anilines is 3. The van der Waals surface area contributed by atoms with Gasteiger partial charge in [-0.2, -0.15) is 0 Å². The first-order valence-electron chi connectivity index (χ1n) is 11.4. The molecule has 2 heterocycles. The normalized spacial score (nSPS) is 18.3. The minimum absolute atomic E-state index is 0.362. The van der Waals surface area contributed by atoms with E-state index >= 15 is 0 Å². The summed E-state index contributed by atoms with van der Waals surface area (Å²) in [6.45, 7) is 8.39. The van der Waals surface area contributed by atoms with Crippen LogP contribution in [0, 0.1) is 0 Å². The van der Waals surface area contributed by atoms with Gasteiger partial charge in [0.2, 0.25) is 0 Å². The van der Waals surface area contributed by atoms with Crippen molar-refractivity contribution < 1.29 is 9.31 Å². The van der Waals surface area contributed by atoms with Crippen LogP contribution in [0.25, 0.3) is 10.8 Å². The third-order valence-corrected chi connectivity index (χ3v) is 8.26. The minimum Gasteiger partial charge on any atom is -0.399 e. The third kappa shape index (κ3) is 3.30. The van der Waals surface area contributed by atoms with E-state index in [9.17, 15) is 0 Å². The van der Waals surface area contributed by atoms with Crippen LogP contribution in [0.4, 0.5) is 17.1 Å². The number of rotatable bonds is 2. The number of nitrogens with zero attached hydrogens (tertiary/aromatic N) is 1. The van der Waals surface area contributed by atoms with Gasteiger partial charge < -0.3 is 14.2 Å². The Labute approximate surface area is 199 Å². The van der Waals surface area contributed by atoms with Gasteiger partial charge in [-0.25, -0.2) is 0 Å². The molecule has 5 heteroatoms. The third-order valence-electron chi connectivity index (χ3n) is 7.08. The maximum atomic E-state index is 6.35. The highest BCUT2D eigenvalue weighted by molar-refractivity contribution is 8.00. The van der Waals surface area contributed by atoms with Crippen molar-refractivity contribution >= 4 is 52.2 Å². The molecule has 0 saturated carbocycles. The van der Waals surface area contributed by atoms with E-state index in [1.807, 2.05) is 11.8 Å². The SMILES string of the molecule is CC1(C)OB(c2ccc3c(c2)Sc2c(ccc4ccccc24)N3c2ccccc2)OC1(C)C. The minimum atomic E-state index is -0.375. The van der Waals surface area contributed by atoms with Gasteiger partial charge in [-0.05, 0) is 74.3 Å². The van der Waals surface area contributed by atoms with Gasteiger partial charge in [-0.15, -0.1) is 0 Å². The fraction of sp³-hybridized carbons (Fsp3) is 0.214. The zero-order valence-corrected chi connectivity index (χ0v) is 20.1. The molecule has 164 valence electrons. The number of para-hydroxylation sites is 1. The molecule has 3 nitrogen and oxygen atoms in total. The Bertz CT molecular complexity index is 1350. The summed E-state index contributed by atoms with van der Waals surface area (Å²) in [6.07, 6.45) is 0. The predicted octanol–water partition coefficient (Wildman–Crippen LogP) is 7.07. The largest absolute Gasteiger partial charge is 0.494 e. The Kier molecular flexibility index (Phi) is 4.67. The molecule has 0 bridgehead atoms. The molecule has 0 radical (unpaired) electrons. The van der Waals surface area contributed by atoms with E-state index in [-0.39, 0.29) is 18.3 Å². The Hall–Kier alpha value is -2.73. The van der Waals surface area contributed by atoms with E-state index in [4.69, 9.17) is 9.31 Å². The summed E-state index contributed by atoms with van der Waals surface area (Å²) in [7, 11) is -0.375. The van der Waals surface area contributed by atoms with Gasteiger partial charge in [-0.1, -0.05) is 66.4 Å². The molecule has 4 aromatic carbocycles. The quantitative estimate of drug-likeness (QED) is 0.268. The molecule has 2 aliphatic heterocycles. The molecule has 0 N–H and O–H groups in total. The van der Waals surface area contributed by atoms with Crippen molar-refractivity contribution in [2.24, 2.45) is 0 Å². The first-order chi connectivity index (χ1) is 15.8. The van der Waals surface area contributed by atoms with Gasteiger partial charge in [0.15, 0.2) is 0 Å². The van der Waals surface area contributed by atoms with Crippen LogP contribution in [0.5, 0.6) is 0 Å². The highest BCUT2D eigenvalue weighted by Crippen LogP contribution is 2.53. The molecule has 0 aromatic heterocycles. The Morgan fingerprint density at radius 3 is 2.15 bits per heavy atom. The molecule has 1 fully saturated rings. The van der Waals surface area contributed by atoms with Crippen LogP contribution in [-0.4, -0.2) is 18.3 Å². The topological polar surface area (TPSA) is 21.7 Å². The molecule has 1 saturated heterocycles. The highest BCUT2D eigenvalue weighted by atomic mass is 32.2. The molecule has 6 rings (SSSR count). The Balaban J connectivity index is 1.51. The van der Waals surface area contributed by atoms with Crippen molar-refractivity contribution in [2.45, 2.75) is 48.7 Å². The summed E-state index contributed by atoms with van der Waals surface area (Å²) in [4.78, 5) is 4.84. The van der Waals surface area contributed by atoms with Crippen molar-refractivity contribution in [3.05, 3.63) is 84.9 Å². The molecule has 0 unspecified atom stereocenters. The molecule has 0 spiro atoms. The standard InChI is InChI=1S/C28H26BNO2S/c1-27(2)28(3,4)32-29(31-27)20-15-17-23-25(18-20)33-26-22-13-9-8-10-19(22)14-16-24(26)30(23)21-11-6-5-7-12-21/h5-18H,1-4H3. The fourth-order valence-electron chi connectivity index (χ4n) is 4.53. The molecular formula is C28H26BNO2S. The monoisotopic (exact) mass is 451 g/mol. The van der Waals surface area contributed by atoms with E-state index < -0.39 is 0 Å². The average molecular weight is 451 g/mol. The first-order valence-corrected chi connectivity index (χ1v) is 12.2. The van der Waals surface area contributed by atoms with Gasteiger partial charge in [0.25, 0.3) is 0 Å². The van der Waals surface area contributed by atoms with Crippen LogP contribution in [0.1, 0.15) is 27.7 Å². The lowest BCUT2D eigenvalue weighted by molar-refractivity contribution is 0.00578. The summed E-state index contributed by atoms with van der Waals surface area (Å²) in [6, 6.07) is 30.2. The summed E-state index contributed by atoms with van der Waals surface area (Å²) < 4.78 is 12.7. The number of benzene rings is 4. The van der Waals surface area contributed by atoms with Gasteiger partial charge in [-0.3, -0.25) is 0 Å². The van der Waals surface area contributed by atoms with Crippen LogP contribution in [0.15, 0.2) is 94.7 Å². The maximum Gasteiger partial charge on any atom is 0.494 e. The lowest BCUT2D eigenvalue weighted by Gasteiger charge is -2.34. The van der Waals surface area contributed by atoms with Crippen LogP contribution < -0.4 is 10.4 Å². The van der Waals surface area contributed by atoms with Crippen LogP contribution in [0.2, 0.25) is 0 Å². The predicted molar refractivity (Wildman–Crippen MR) is 138 cm³/mol. The summed E-state index contributed by atoms with van der Waals surface area (Å²) >= 11 is 1.83. The van der Waals surface area contributed by atoms with Crippen LogP contribution >= 0.6 is 11.8 Å². The van der Waals surface area contributed by atoms with E-state index in [1.165, 1.54) is 31.9 Å². The summed E-state index contributed by atoms with van der Waals surface area (Å²) in [5, 5.41) is 2.52. The van der Waals surface area contributed by atoms with Crippen molar-refractivity contribution in [1.29, 1.82) is 0 Å². The molecule has 0 atom stereocenters. The van der Waals surface area contributed by atoms with Gasteiger partial charge >= 0.3 is 7.12 Å². The maximum absolute atomic E-state index is 6.35. The van der Waals surface area contributed by atoms with Crippen LogP contribution in [0.3, 0.4) is 0 Å². The summed E-state index contributed by atoms with van der Waals surface area (Å²) in [5.74, 6) is 0. The van der Waals surface area contributed by atoms with Crippen molar-refractivity contribution in [1.82, 2.24) is 0 Å². The van der Waals surface area contributed by atoms with E-state index in [1.54, 1.807) is 0 Å².